The third-order valence-electron chi connectivity index (χ3n) is 5.42. The molecular formula is C24H27N5O3S. The van der Waals surface area contributed by atoms with Crippen LogP contribution in [0, 0.1) is 0 Å². The van der Waals surface area contributed by atoms with Crippen LogP contribution in [0.5, 0.6) is 5.75 Å². The molecule has 4 rings (SSSR count). The van der Waals surface area contributed by atoms with Crippen molar-refractivity contribution >= 4 is 34.8 Å². The summed E-state index contributed by atoms with van der Waals surface area (Å²) in [6.07, 6.45) is 4.97. The van der Waals surface area contributed by atoms with Gasteiger partial charge in [-0.1, -0.05) is 6.07 Å². The molecule has 33 heavy (non-hydrogen) atoms. The van der Waals surface area contributed by atoms with Crippen LogP contribution in [0.25, 0.3) is 0 Å². The Kier molecular flexibility index (Phi) is 7.51. The summed E-state index contributed by atoms with van der Waals surface area (Å²) < 4.78 is 5.51. The molecule has 0 saturated heterocycles. The molecule has 9 heteroatoms. The van der Waals surface area contributed by atoms with E-state index in [-0.39, 0.29) is 29.6 Å². The van der Waals surface area contributed by atoms with Crippen LogP contribution in [0.1, 0.15) is 53.5 Å². The van der Waals surface area contributed by atoms with Crippen LogP contribution >= 0.6 is 11.3 Å². The predicted octanol–water partition coefficient (Wildman–Crippen LogP) is 4.15. The van der Waals surface area contributed by atoms with E-state index in [0.29, 0.717) is 24.5 Å². The van der Waals surface area contributed by atoms with E-state index in [1.54, 1.807) is 12.3 Å². The molecule has 2 heterocycles. The molecule has 1 aliphatic rings. The smallest absolute Gasteiger partial charge is 0.270 e. The lowest BCUT2D eigenvalue weighted by Gasteiger charge is -2.30. The Morgan fingerprint density at radius 3 is 2.70 bits per heavy atom. The van der Waals surface area contributed by atoms with Crippen molar-refractivity contribution in [1.82, 2.24) is 20.6 Å². The first-order valence-corrected chi connectivity index (χ1v) is 12.0. The zero-order chi connectivity index (χ0) is 23.0. The molecule has 3 aromatic rings. The Morgan fingerprint density at radius 1 is 1.12 bits per heavy atom. The number of nitrogens with one attached hydrogen (secondary N) is 3. The van der Waals surface area contributed by atoms with Gasteiger partial charge in [0, 0.05) is 41.0 Å². The minimum absolute atomic E-state index is 0.0201. The second-order valence-electron chi connectivity index (χ2n) is 7.87. The van der Waals surface area contributed by atoms with Gasteiger partial charge in [0.1, 0.15) is 11.4 Å². The Bertz CT molecular complexity index is 1090. The van der Waals surface area contributed by atoms with Gasteiger partial charge in [0.15, 0.2) is 0 Å². The number of nitrogens with zero attached hydrogens (tertiary/aromatic N) is 2. The van der Waals surface area contributed by atoms with Crippen molar-refractivity contribution in [1.29, 1.82) is 0 Å². The van der Waals surface area contributed by atoms with Crippen LogP contribution in [-0.4, -0.2) is 40.5 Å². The van der Waals surface area contributed by atoms with Crippen LogP contribution in [0.3, 0.4) is 0 Å². The molecule has 0 spiro atoms. The Balaban J connectivity index is 1.34. The van der Waals surface area contributed by atoms with Gasteiger partial charge in [-0.25, -0.2) is 9.97 Å². The zero-order valence-corrected chi connectivity index (χ0v) is 19.2. The Labute approximate surface area is 196 Å². The first kappa shape index (κ1) is 22.7. The summed E-state index contributed by atoms with van der Waals surface area (Å²) in [5.74, 6) is 0.765. The minimum Gasteiger partial charge on any atom is -0.494 e. The van der Waals surface area contributed by atoms with Gasteiger partial charge in [0.2, 0.25) is 5.95 Å². The van der Waals surface area contributed by atoms with Crippen LogP contribution in [0.2, 0.25) is 0 Å². The molecule has 2 aromatic heterocycles. The molecule has 3 N–H and O–H groups in total. The molecule has 0 bridgehead atoms. The fourth-order valence-corrected chi connectivity index (χ4v) is 4.51. The van der Waals surface area contributed by atoms with Crippen molar-refractivity contribution < 1.29 is 14.3 Å². The van der Waals surface area contributed by atoms with Gasteiger partial charge in [-0.15, -0.1) is 0 Å². The number of hydrogen-bond donors (Lipinski definition) is 3. The molecule has 1 saturated carbocycles. The van der Waals surface area contributed by atoms with Gasteiger partial charge in [0.25, 0.3) is 11.8 Å². The first-order valence-electron chi connectivity index (χ1n) is 11.1. The molecule has 2 atom stereocenters. The maximum atomic E-state index is 12.8. The molecule has 172 valence electrons. The molecular weight excluding hydrogens is 438 g/mol. The second kappa shape index (κ2) is 10.9. The number of thiophene rings is 1. The van der Waals surface area contributed by atoms with Crippen molar-refractivity contribution in [2.45, 2.75) is 44.7 Å². The summed E-state index contributed by atoms with van der Waals surface area (Å²) in [5.41, 5.74) is 1.74. The fraction of sp³-hybridized carbons (Fsp3) is 0.333. The maximum Gasteiger partial charge on any atom is 0.270 e. The van der Waals surface area contributed by atoms with Gasteiger partial charge in [0.05, 0.1) is 6.61 Å². The fourth-order valence-electron chi connectivity index (χ4n) is 3.88. The van der Waals surface area contributed by atoms with Crippen LogP contribution < -0.4 is 20.7 Å². The number of benzene rings is 1. The summed E-state index contributed by atoms with van der Waals surface area (Å²) in [6, 6.07) is 10.9. The number of ether oxygens (including phenoxy) is 1. The van der Waals surface area contributed by atoms with Gasteiger partial charge in [-0.05, 0) is 62.3 Å². The molecule has 1 fully saturated rings. The molecule has 0 aliphatic heterocycles. The van der Waals surface area contributed by atoms with E-state index in [4.69, 9.17) is 4.74 Å². The first-order chi connectivity index (χ1) is 16.1. The SMILES string of the molecule is CCOc1cccc(Nc2nccc(C(=O)NC3CCCC(NC(=O)c4ccsc4)C3)n2)c1. The number of carbonyl (C=O) groups is 2. The quantitative estimate of drug-likeness (QED) is 0.462. The highest BCUT2D eigenvalue weighted by Gasteiger charge is 2.25. The lowest BCUT2D eigenvalue weighted by Crippen LogP contribution is -2.45. The van der Waals surface area contributed by atoms with Gasteiger partial charge < -0.3 is 20.7 Å². The highest BCUT2D eigenvalue weighted by Crippen LogP contribution is 2.21. The third kappa shape index (κ3) is 6.29. The number of rotatable bonds is 8. The van der Waals surface area contributed by atoms with E-state index >= 15 is 0 Å². The maximum absolute atomic E-state index is 12.8. The largest absolute Gasteiger partial charge is 0.494 e. The minimum atomic E-state index is -0.252. The lowest BCUT2D eigenvalue weighted by molar-refractivity contribution is 0.0900. The summed E-state index contributed by atoms with van der Waals surface area (Å²) in [7, 11) is 0. The molecule has 1 aromatic carbocycles. The third-order valence-corrected chi connectivity index (χ3v) is 6.10. The highest BCUT2D eigenvalue weighted by atomic mass is 32.1. The summed E-state index contributed by atoms with van der Waals surface area (Å²) in [6.45, 7) is 2.51. The van der Waals surface area contributed by atoms with Crippen molar-refractivity contribution in [2.75, 3.05) is 11.9 Å². The molecule has 1 aliphatic carbocycles. The summed E-state index contributed by atoms with van der Waals surface area (Å²) in [4.78, 5) is 33.8. The van der Waals surface area contributed by atoms with E-state index in [1.807, 2.05) is 48.0 Å². The predicted molar refractivity (Wildman–Crippen MR) is 128 cm³/mol. The van der Waals surface area contributed by atoms with Crippen LogP contribution in [0.4, 0.5) is 11.6 Å². The van der Waals surface area contributed by atoms with Crippen LogP contribution in [0.15, 0.2) is 53.4 Å². The summed E-state index contributed by atoms with van der Waals surface area (Å²) >= 11 is 1.50. The molecule has 2 unspecified atom stereocenters. The average molecular weight is 466 g/mol. The number of amides is 2. The van der Waals surface area contributed by atoms with E-state index in [9.17, 15) is 9.59 Å². The topological polar surface area (TPSA) is 105 Å². The second-order valence-corrected chi connectivity index (χ2v) is 8.65. The monoisotopic (exact) mass is 465 g/mol. The molecule has 0 radical (unpaired) electrons. The van der Waals surface area contributed by atoms with Crippen molar-refractivity contribution in [2.24, 2.45) is 0 Å². The number of carbonyl (C=O) groups excluding carboxylic acids is 2. The Hall–Kier alpha value is -3.46. The average Bonchev–Trinajstić information content (AvgIpc) is 3.35. The van der Waals surface area contributed by atoms with E-state index in [2.05, 4.69) is 25.9 Å². The Morgan fingerprint density at radius 2 is 1.94 bits per heavy atom. The van der Waals surface area contributed by atoms with Gasteiger partial charge in [-0.3, -0.25) is 9.59 Å². The molecule has 2 amide bonds. The lowest BCUT2D eigenvalue weighted by atomic mass is 9.90. The summed E-state index contributed by atoms with van der Waals surface area (Å²) in [5, 5.41) is 13.0. The van der Waals surface area contributed by atoms with E-state index in [0.717, 1.165) is 30.7 Å². The van der Waals surface area contributed by atoms with Crippen molar-refractivity contribution in [3.8, 4) is 5.75 Å². The number of anilines is 2. The van der Waals surface area contributed by atoms with E-state index < -0.39 is 0 Å². The van der Waals surface area contributed by atoms with Crippen LogP contribution in [-0.2, 0) is 0 Å². The number of aromatic nitrogens is 2. The zero-order valence-electron chi connectivity index (χ0n) is 18.4. The number of hydrogen-bond acceptors (Lipinski definition) is 7. The standard InChI is InChI=1S/C24H27N5O3S/c1-2-32-20-8-4-7-19(14-20)28-24-25-11-9-21(29-24)23(31)27-18-6-3-5-17(13-18)26-22(30)16-10-12-33-15-16/h4,7-12,14-15,17-18H,2-3,5-6,13H2,1H3,(H,26,30)(H,27,31)(H,25,28,29). The van der Waals surface area contributed by atoms with E-state index in [1.165, 1.54) is 11.3 Å². The van der Waals surface area contributed by atoms with Gasteiger partial charge in [-0.2, -0.15) is 11.3 Å². The highest BCUT2D eigenvalue weighted by molar-refractivity contribution is 7.08. The molecule has 8 nitrogen and oxygen atoms in total. The van der Waals surface area contributed by atoms with Crippen molar-refractivity contribution in [3.05, 3.63) is 64.6 Å². The van der Waals surface area contributed by atoms with Crippen molar-refractivity contribution in [3.63, 3.8) is 0 Å². The van der Waals surface area contributed by atoms with Gasteiger partial charge >= 0.3 is 0 Å². The normalized spacial score (nSPS) is 17.7.